The second kappa shape index (κ2) is 35.7. The normalized spacial score (nSPS) is 11.4. The maximum absolute atomic E-state index is 6.32. The molecule has 0 saturated carbocycles. The Kier molecular flexibility index (Phi) is 22.3. The summed E-state index contributed by atoms with van der Waals surface area (Å²) >= 11 is 0. The molecule has 27 aromatic rings. The van der Waals surface area contributed by atoms with Gasteiger partial charge in [0, 0.05) is 102 Å². The van der Waals surface area contributed by atoms with Crippen molar-refractivity contribution in [1.82, 2.24) is 71.0 Å². The van der Waals surface area contributed by atoms with Crippen molar-refractivity contribution in [3.05, 3.63) is 457 Å². The molecule has 0 N–H and O–H groups in total. The summed E-state index contributed by atoms with van der Waals surface area (Å²) in [5.41, 5.74) is 27.2. The summed E-state index contributed by atoms with van der Waals surface area (Å²) in [6.07, 6.45) is 30.1. The molecule has 0 fully saturated rings. The first-order chi connectivity index (χ1) is 65.4. The predicted octanol–water partition coefficient (Wildman–Crippen LogP) is 26.5. The van der Waals surface area contributed by atoms with Crippen LogP contribution < -0.4 is 0 Å². The van der Waals surface area contributed by atoms with Crippen LogP contribution in [0.5, 0.6) is 0 Å². The molecule has 648 valence electrons. The Hall–Kier alpha value is -16.4. The second-order valence-corrected chi connectivity index (χ2v) is 32.0. The maximum atomic E-state index is 6.32. The Labute approximate surface area is 815 Å². The van der Waals surface area contributed by atoms with Gasteiger partial charge in [-0.3, -0.25) is 15.0 Å². The fourth-order valence-corrected chi connectivity index (χ4v) is 17.8. The maximum Gasteiger partial charge on any atom is 2.00 e. The van der Waals surface area contributed by atoms with Crippen molar-refractivity contribution in [1.29, 1.82) is 0 Å². The third kappa shape index (κ3) is 15.5. The molecule has 0 amide bonds. The zero-order chi connectivity index (χ0) is 87.1. The molecular weight excluding hydrogens is 2210 g/mol. The van der Waals surface area contributed by atoms with E-state index in [1.807, 2.05) is 260 Å². The first kappa shape index (κ1) is 84.2. The SMILES string of the molecule is [Pt+2].[Pt+2].[Pt+2].[c-]1c(-c2ccc(-n3cccc3)cn2)cccc1-n1c2[c-]c(-c3nc4ccccc4o3)ccc2c2cc(-n3cccc3)ccc21.[c-]1c(-c2ccccn2)ccc(-n2cccc2)c1-n1c2[c-]c(-c3nc4ccccc4o3)ccc2c2cc(-n3cccc3)ccc21.[c-]1c(-c2ccccn2)cccc1-n1c2[c-]c(-c3nc4ccccc4o3)c(-n3cccc3)cc2c2cc(-n3cccc3)ccc21. The minimum atomic E-state index is 0. The molecule has 0 aliphatic rings. The monoisotopic (exact) mass is 2280 g/mol. The number of fused-ring (bicyclic) bond motifs is 12. The number of oxazole rings is 3. The van der Waals surface area contributed by atoms with E-state index in [0.717, 1.165) is 200 Å². The quantitative estimate of drug-likeness (QED) is 0.0910. The van der Waals surface area contributed by atoms with E-state index in [-0.39, 0.29) is 63.2 Å². The van der Waals surface area contributed by atoms with Gasteiger partial charge in [0.25, 0.3) is 0 Å². The molecule has 12 aromatic carbocycles. The summed E-state index contributed by atoms with van der Waals surface area (Å²) in [7, 11) is 0. The average molecular weight is 2280 g/mol. The Balaban J connectivity index is 0.000000116. The largest absolute Gasteiger partial charge is 2.00 e. The minimum Gasteiger partial charge on any atom is -0.481 e. The van der Waals surface area contributed by atoms with Gasteiger partial charge in [0.1, 0.15) is 34.4 Å². The number of pyridine rings is 3. The Morgan fingerprint density at radius 1 is 0.237 bits per heavy atom. The topological polar surface area (TPSA) is 161 Å². The minimum absolute atomic E-state index is 0. The van der Waals surface area contributed by atoms with Gasteiger partial charge in [0.15, 0.2) is 0 Å². The van der Waals surface area contributed by atoms with Gasteiger partial charge >= 0.3 is 63.2 Å². The number of nitrogens with zero attached hydrogens (tertiary/aromatic N) is 15. The number of hydrogen-bond acceptors (Lipinski definition) is 9. The summed E-state index contributed by atoms with van der Waals surface area (Å²) in [5.74, 6) is 1.60. The summed E-state index contributed by atoms with van der Waals surface area (Å²) < 4.78 is 37.9. The van der Waals surface area contributed by atoms with Crippen molar-refractivity contribution in [2.45, 2.75) is 0 Å². The van der Waals surface area contributed by atoms with Crippen molar-refractivity contribution in [3.8, 4) is 119 Å². The van der Waals surface area contributed by atoms with Gasteiger partial charge < -0.3 is 69.3 Å². The van der Waals surface area contributed by atoms with Crippen LogP contribution in [0, 0.1) is 36.4 Å². The van der Waals surface area contributed by atoms with Crippen molar-refractivity contribution in [2.24, 2.45) is 0 Å². The third-order valence-electron chi connectivity index (χ3n) is 24.1. The van der Waals surface area contributed by atoms with E-state index < -0.39 is 0 Å². The van der Waals surface area contributed by atoms with Crippen LogP contribution in [0.2, 0.25) is 0 Å². The van der Waals surface area contributed by atoms with Gasteiger partial charge in [-0.05, 0) is 285 Å². The molecule has 0 radical (unpaired) electrons. The first-order valence-electron chi connectivity index (χ1n) is 43.2. The predicted molar refractivity (Wildman–Crippen MR) is 520 cm³/mol. The van der Waals surface area contributed by atoms with Gasteiger partial charge in [-0.15, -0.1) is 132 Å². The number of hydrogen-bond donors (Lipinski definition) is 0. The summed E-state index contributed by atoms with van der Waals surface area (Å²) in [4.78, 5) is 28.4. The Morgan fingerprint density at radius 3 is 1.07 bits per heavy atom. The van der Waals surface area contributed by atoms with E-state index in [1.165, 1.54) is 0 Å². The number of rotatable bonds is 15. The van der Waals surface area contributed by atoms with Crippen LogP contribution >= 0.6 is 0 Å². The molecule has 0 spiro atoms. The van der Waals surface area contributed by atoms with E-state index in [1.54, 1.807) is 0 Å². The summed E-state index contributed by atoms with van der Waals surface area (Å²) in [6, 6.07) is 133. The van der Waals surface area contributed by atoms with Gasteiger partial charge in [0.2, 0.25) is 0 Å². The summed E-state index contributed by atoms with van der Waals surface area (Å²) in [6.45, 7) is 0. The Morgan fingerprint density at radius 2 is 0.615 bits per heavy atom. The molecule has 0 saturated heterocycles. The molecule has 0 aliphatic heterocycles. The fraction of sp³-hybridized carbons (Fsp3) is 0. The molecule has 18 nitrogen and oxygen atoms in total. The van der Waals surface area contributed by atoms with Crippen LogP contribution in [0.3, 0.4) is 0 Å². The molecule has 135 heavy (non-hydrogen) atoms. The molecule has 21 heteroatoms. The smallest absolute Gasteiger partial charge is 0.481 e. The average Bonchev–Trinajstić information content (AvgIpc) is 1.61. The van der Waals surface area contributed by atoms with Crippen LogP contribution in [-0.4, -0.2) is 71.0 Å². The molecule has 15 heterocycles. The standard InChI is InChI=1S/3C38H23N5O.3Pt/c1-2-14-37-33(13-1)40-38(44-37)31-25-36-30(24-35(31)42-20-7-8-21-42)29-23-27(41-18-5-6-19-41)15-16-34(29)43(36)28-11-9-10-26(22-28)32-12-3-4-17-39-32;1-2-11-37-34(10-1)40-38(44-37)27-12-15-31-32-24-28(41-18-3-4-19-41)14-17-35(32)43(36(31)23-27)29-9-7-8-26(22-29)33-16-13-30(25-39-33)42-20-5-6-21-42;1-2-11-37-32(10-1)40-38(44-37)27-12-15-29-30-25-28(41-19-5-6-20-41)14-17-33(30)43(35(29)24-27)36-23-26(31-9-3-4-18-39-31)13-16-34(36)42-21-7-8-22-42;;;/h1-21,23-24H;1-21,24-25H;1-22,25H;;;/q3*-2;3*+2. The number of para-hydroxylation sites is 6. The van der Waals surface area contributed by atoms with Crippen molar-refractivity contribution >= 4 is 98.7 Å². The van der Waals surface area contributed by atoms with Gasteiger partial charge in [-0.2, -0.15) is 0 Å². The van der Waals surface area contributed by atoms with E-state index in [0.29, 0.717) is 17.7 Å². The van der Waals surface area contributed by atoms with Crippen LogP contribution in [-0.2, 0) is 63.2 Å². The van der Waals surface area contributed by atoms with Gasteiger partial charge in [-0.1, -0.05) is 99.6 Å². The van der Waals surface area contributed by atoms with E-state index >= 15 is 0 Å². The van der Waals surface area contributed by atoms with Crippen molar-refractivity contribution in [2.75, 3.05) is 0 Å². The Bertz CT molecular complexity index is 8860. The molecule has 0 bridgehead atoms. The van der Waals surface area contributed by atoms with E-state index in [2.05, 4.69) is 248 Å². The van der Waals surface area contributed by atoms with Crippen LogP contribution in [0.25, 0.3) is 218 Å². The van der Waals surface area contributed by atoms with Crippen molar-refractivity contribution in [3.63, 3.8) is 0 Å². The molecule has 15 aromatic heterocycles. The van der Waals surface area contributed by atoms with E-state index in [9.17, 15) is 0 Å². The van der Waals surface area contributed by atoms with Crippen LogP contribution in [0.1, 0.15) is 0 Å². The zero-order valence-corrected chi connectivity index (χ0v) is 78.0. The fourth-order valence-electron chi connectivity index (χ4n) is 17.8. The van der Waals surface area contributed by atoms with Crippen molar-refractivity contribution < 1.29 is 76.4 Å². The van der Waals surface area contributed by atoms with Crippen LogP contribution in [0.15, 0.2) is 434 Å². The second-order valence-electron chi connectivity index (χ2n) is 32.0. The molecule has 0 aliphatic carbocycles. The van der Waals surface area contributed by atoms with Gasteiger partial charge in [-0.25, -0.2) is 0 Å². The molecular formula is C114H69N15O3Pt3. The first-order valence-corrected chi connectivity index (χ1v) is 43.2. The zero-order valence-electron chi connectivity index (χ0n) is 71.2. The summed E-state index contributed by atoms with van der Waals surface area (Å²) in [5, 5.41) is 6.57. The van der Waals surface area contributed by atoms with Gasteiger partial charge in [0.05, 0.1) is 22.2 Å². The molecule has 0 atom stereocenters. The number of aromatic nitrogens is 15. The molecule has 0 unspecified atom stereocenters. The van der Waals surface area contributed by atoms with E-state index in [4.69, 9.17) is 33.2 Å². The third-order valence-corrected chi connectivity index (χ3v) is 24.1. The van der Waals surface area contributed by atoms with Crippen LogP contribution in [0.4, 0.5) is 0 Å². The number of benzene rings is 12. The molecule has 27 rings (SSSR count).